The van der Waals surface area contributed by atoms with Crippen LogP contribution in [0.5, 0.6) is 0 Å². The van der Waals surface area contributed by atoms with Crippen LogP contribution in [-0.2, 0) is 0 Å². The third-order valence-electron chi connectivity index (χ3n) is 3.03. The minimum Gasteiger partial charge on any atom is -0.346 e. The predicted octanol–water partition coefficient (Wildman–Crippen LogP) is 2.14. The molecule has 1 fully saturated rings. The number of benzene rings is 1. The molecule has 2 heterocycles. The van der Waals surface area contributed by atoms with Crippen LogP contribution in [-0.4, -0.2) is 24.1 Å². The van der Waals surface area contributed by atoms with E-state index >= 15 is 0 Å². The van der Waals surface area contributed by atoms with Gasteiger partial charge in [-0.3, -0.25) is 0 Å². The van der Waals surface area contributed by atoms with Gasteiger partial charge in [0.05, 0.1) is 10.2 Å². The Labute approximate surface area is 98.9 Å². The molecular formula is C12H15N3S. The first-order valence-corrected chi connectivity index (χ1v) is 6.42. The second kappa shape index (κ2) is 3.71. The van der Waals surface area contributed by atoms with Crippen LogP contribution in [0.2, 0.25) is 0 Å². The van der Waals surface area contributed by atoms with Crippen molar-refractivity contribution in [2.45, 2.75) is 19.4 Å². The normalized spacial score (nSPS) is 20.9. The van der Waals surface area contributed by atoms with Crippen LogP contribution in [0.15, 0.2) is 18.2 Å². The molecule has 1 saturated heterocycles. The Bertz CT molecular complexity index is 520. The first kappa shape index (κ1) is 10.1. The average Bonchev–Trinajstić information content (AvgIpc) is 2.83. The van der Waals surface area contributed by atoms with E-state index in [-0.39, 0.29) is 0 Å². The highest BCUT2D eigenvalue weighted by Crippen LogP contribution is 2.30. The Kier molecular flexibility index (Phi) is 2.33. The number of fused-ring (bicyclic) bond motifs is 1. The molecule has 0 radical (unpaired) electrons. The summed E-state index contributed by atoms with van der Waals surface area (Å²) in [6, 6.07) is 6.73. The summed E-state index contributed by atoms with van der Waals surface area (Å²) < 4.78 is 1.27. The van der Waals surface area contributed by atoms with Crippen LogP contribution in [0.4, 0.5) is 5.13 Å². The number of thiazole rings is 1. The minimum absolute atomic E-state index is 0.314. The molecule has 0 amide bonds. The number of nitrogens with zero attached hydrogens (tertiary/aromatic N) is 2. The zero-order valence-electron chi connectivity index (χ0n) is 9.31. The zero-order chi connectivity index (χ0) is 11.1. The molecule has 1 unspecified atom stereocenters. The van der Waals surface area contributed by atoms with E-state index in [4.69, 9.17) is 5.73 Å². The maximum absolute atomic E-state index is 5.92. The fourth-order valence-electron chi connectivity index (χ4n) is 2.12. The molecule has 1 aliphatic heterocycles. The summed E-state index contributed by atoms with van der Waals surface area (Å²) in [5.41, 5.74) is 8.31. The first-order valence-electron chi connectivity index (χ1n) is 5.60. The third-order valence-corrected chi connectivity index (χ3v) is 4.11. The molecule has 1 atom stereocenters. The van der Waals surface area contributed by atoms with Crippen LogP contribution in [0.25, 0.3) is 10.2 Å². The number of aryl methyl sites for hydroxylation is 1. The van der Waals surface area contributed by atoms with Gasteiger partial charge in [-0.15, -0.1) is 0 Å². The first-order chi connectivity index (χ1) is 7.72. The molecule has 1 aliphatic rings. The number of anilines is 1. The van der Waals surface area contributed by atoms with E-state index in [2.05, 4.69) is 35.0 Å². The minimum atomic E-state index is 0.314. The number of aromatic nitrogens is 1. The Hall–Kier alpha value is -1.13. The lowest BCUT2D eigenvalue weighted by atomic mass is 10.2. The van der Waals surface area contributed by atoms with Crippen LogP contribution in [0.3, 0.4) is 0 Å². The molecule has 84 valence electrons. The number of hydrogen-bond acceptors (Lipinski definition) is 4. The van der Waals surface area contributed by atoms with E-state index in [1.165, 1.54) is 10.3 Å². The summed E-state index contributed by atoms with van der Waals surface area (Å²) in [6.45, 7) is 4.10. The monoisotopic (exact) mass is 233 g/mol. The molecule has 2 N–H and O–H groups in total. The lowest BCUT2D eigenvalue weighted by molar-refractivity contribution is 0.752. The topological polar surface area (TPSA) is 42.2 Å². The second-order valence-electron chi connectivity index (χ2n) is 4.46. The fourth-order valence-corrected chi connectivity index (χ4v) is 3.21. The SMILES string of the molecule is Cc1ccc2nc(N3CCC(N)C3)sc2c1. The quantitative estimate of drug-likeness (QED) is 0.820. The molecule has 4 heteroatoms. The molecule has 0 spiro atoms. The van der Waals surface area contributed by atoms with E-state index < -0.39 is 0 Å². The van der Waals surface area contributed by atoms with E-state index in [0.717, 1.165) is 30.2 Å². The van der Waals surface area contributed by atoms with Crippen LogP contribution < -0.4 is 10.6 Å². The number of nitrogens with two attached hydrogens (primary N) is 1. The lowest BCUT2D eigenvalue weighted by Crippen LogP contribution is -2.26. The lowest BCUT2D eigenvalue weighted by Gasteiger charge is -2.12. The number of hydrogen-bond donors (Lipinski definition) is 1. The molecule has 2 aromatic rings. The average molecular weight is 233 g/mol. The van der Waals surface area contributed by atoms with Crippen molar-refractivity contribution in [1.29, 1.82) is 0 Å². The molecule has 3 rings (SSSR count). The third kappa shape index (κ3) is 1.68. The Morgan fingerprint density at radius 3 is 3.12 bits per heavy atom. The van der Waals surface area contributed by atoms with Crippen LogP contribution in [0, 0.1) is 6.92 Å². The van der Waals surface area contributed by atoms with Crippen LogP contribution in [0.1, 0.15) is 12.0 Å². The molecule has 3 nitrogen and oxygen atoms in total. The van der Waals surface area contributed by atoms with Gasteiger partial charge < -0.3 is 10.6 Å². The summed E-state index contributed by atoms with van der Waals surface area (Å²) in [6.07, 6.45) is 1.08. The molecule has 0 saturated carbocycles. The molecular weight excluding hydrogens is 218 g/mol. The van der Waals surface area contributed by atoms with Crippen molar-refractivity contribution in [3.8, 4) is 0 Å². The molecule has 0 aliphatic carbocycles. The second-order valence-corrected chi connectivity index (χ2v) is 5.47. The maximum atomic E-state index is 5.92. The Balaban J connectivity index is 1.99. The van der Waals surface area contributed by atoms with Gasteiger partial charge in [0, 0.05) is 19.1 Å². The van der Waals surface area contributed by atoms with Gasteiger partial charge >= 0.3 is 0 Å². The van der Waals surface area contributed by atoms with E-state index in [1.807, 2.05) is 0 Å². The fraction of sp³-hybridized carbons (Fsp3) is 0.417. The van der Waals surface area contributed by atoms with Gasteiger partial charge in [-0.1, -0.05) is 17.4 Å². The molecule has 0 bridgehead atoms. The largest absolute Gasteiger partial charge is 0.346 e. The van der Waals surface area contributed by atoms with Gasteiger partial charge in [0.15, 0.2) is 5.13 Å². The van der Waals surface area contributed by atoms with Gasteiger partial charge in [0.25, 0.3) is 0 Å². The van der Waals surface area contributed by atoms with E-state index in [0.29, 0.717) is 6.04 Å². The van der Waals surface area contributed by atoms with Crippen molar-refractivity contribution in [3.05, 3.63) is 23.8 Å². The summed E-state index contributed by atoms with van der Waals surface area (Å²) in [5.74, 6) is 0. The van der Waals surface area contributed by atoms with Crippen molar-refractivity contribution in [2.75, 3.05) is 18.0 Å². The Morgan fingerprint density at radius 2 is 2.38 bits per heavy atom. The van der Waals surface area contributed by atoms with E-state index in [9.17, 15) is 0 Å². The predicted molar refractivity (Wildman–Crippen MR) is 69.2 cm³/mol. The highest BCUT2D eigenvalue weighted by atomic mass is 32.1. The van der Waals surface area contributed by atoms with Gasteiger partial charge in [-0.05, 0) is 31.0 Å². The van der Waals surface area contributed by atoms with Gasteiger partial charge in [0.2, 0.25) is 0 Å². The van der Waals surface area contributed by atoms with Gasteiger partial charge in [-0.25, -0.2) is 4.98 Å². The van der Waals surface area contributed by atoms with Crippen molar-refractivity contribution in [3.63, 3.8) is 0 Å². The van der Waals surface area contributed by atoms with Crippen molar-refractivity contribution >= 4 is 26.7 Å². The summed E-state index contributed by atoms with van der Waals surface area (Å²) in [5, 5.41) is 1.12. The zero-order valence-corrected chi connectivity index (χ0v) is 10.1. The van der Waals surface area contributed by atoms with E-state index in [1.54, 1.807) is 11.3 Å². The Morgan fingerprint density at radius 1 is 1.50 bits per heavy atom. The van der Waals surface area contributed by atoms with Gasteiger partial charge in [-0.2, -0.15) is 0 Å². The highest BCUT2D eigenvalue weighted by Gasteiger charge is 2.21. The summed E-state index contributed by atoms with van der Waals surface area (Å²) >= 11 is 1.77. The standard InChI is InChI=1S/C12H15N3S/c1-8-2-3-10-11(6-8)16-12(14-10)15-5-4-9(13)7-15/h2-3,6,9H,4-5,7,13H2,1H3. The highest BCUT2D eigenvalue weighted by molar-refractivity contribution is 7.22. The number of rotatable bonds is 1. The summed E-state index contributed by atoms with van der Waals surface area (Å²) in [7, 11) is 0. The molecule has 1 aromatic heterocycles. The van der Waals surface area contributed by atoms with Crippen molar-refractivity contribution in [2.24, 2.45) is 5.73 Å². The molecule has 1 aromatic carbocycles. The van der Waals surface area contributed by atoms with Crippen LogP contribution >= 0.6 is 11.3 Å². The summed E-state index contributed by atoms with van der Waals surface area (Å²) in [4.78, 5) is 6.96. The van der Waals surface area contributed by atoms with Crippen molar-refractivity contribution < 1.29 is 0 Å². The smallest absolute Gasteiger partial charge is 0.186 e. The van der Waals surface area contributed by atoms with Crippen molar-refractivity contribution in [1.82, 2.24) is 4.98 Å². The van der Waals surface area contributed by atoms with Gasteiger partial charge in [0.1, 0.15) is 0 Å². The maximum Gasteiger partial charge on any atom is 0.186 e. The molecule has 16 heavy (non-hydrogen) atoms.